The Morgan fingerprint density at radius 1 is 1.10 bits per heavy atom. The number of carboxylic acid groups (broad SMARTS) is 1. The first kappa shape index (κ1) is 15.9. The van der Waals surface area contributed by atoms with Crippen LogP contribution < -0.4 is 0 Å². The zero-order valence-electron chi connectivity index (χ0n) is 11.2. The molecule has 0 aliphatic carbocycles. The zero-order chi connectivity index (χ0) is 15.4. The third-order valence-electron chi connectivity index (χ3n) is 3.33. The van der Waals surface area contributed by atoms with Crippen LogP contribution in [-0.4, -0.2) is 63.7 Å². The maximum Gasteiger partial charge on any atom is 0.335 e. The summed E-state index contributed by atoms with van der Waals surface area (Å²) in [6.07, 6.45) is -7.23. The van der Waals surface area contributed by atoms with Crippen molar-refractivity contribution < 1.29 is 34.7 Å². The summed E-state index contributed by atoms with van der Waals surface area (Å²) in [4.78, 5) is 10.9. The summed E-state index contributed by atoms with van der Waals surface area (Å²) >= 11 is 0. The highest BCUT2D eigenvalue weighted by Crippen LogP contribution is 2.22. The Kier molecular flexibility index (Phi) is 5.27. The lowest BCUT2D eigenvalue weighted by Crippen LogP contribution is -2.60. The van der Waals surface area contributed by atoms with E-state index in [1.807, 2.05) is 30.3 Å². The minimum absolute atomic E-state index is 0.181. The topological polar surface area (TPSA) is 116 Å². The average Bonchev–Trinajstić information content (AvgIpc) is 2.48. The number of ether oxygens (including phenoxy) is 2. The van der Waals surface area contributed by atoms with Gasteiger partial charge in [0.1, 0.15) is 18.3 Å². The van der Waals surface area contributed by atoms with Crippen molar-refractivity contribution in [1.82, 2.24) is 0 Å². The first-order chi connectivity index (χ1) is 10.0. The predicted octanol–water partition coefficient (Wildman–Crippen LogP) is -0.862. The molecule has 0 radical (unpaired) electrons. The van der Waals surface area contributed by atoms with Crippen molar-refractivity contribution in [3.63, 3.8) is 0 Å². The maximum absolute atomic E-state index is 10.9. The third kappa shape index (κ3) is 3.78. The molecule has 0 aromatic heterocycles. The van der Waals surface area contributed by atoms with Gasteiger partial charge in [0.25, 0.3) is 0 Å². The number of rotatable bonds is 5. The van der Waals surface area contributed by atoms with E-state index in [4.69, 9.17) is 14.6 Å². The molecular formula is C14H18O7. The molecule has 21 heavy (non-hydrogen) atoms. The molecule has 1 fully saturated rings. The number of carboxylic acids is 1. The highest BCUT2D eigenvalue weighted by atomic mass is 16.7. The number of benzene rings is 1. The SMILES string of the molecule is O=C(O)[C@H]1OC(OCCc2ccccc2)[C@H](O)[C@@H](O)[C@@H]1O. The maximum atomic E-state index is 10.9. The molecule has 1 aliphatic rings. The second-order valence-electron chi connectivity index (χ2n) is 4.84. The first-order valence-electron chi connectivity index (χ1n) is 6.58. The Morgan fingerprint density at radius 2 is 1.76 bits per heavy atom. The summed E-state index contributed by atoms with van der Waals surface area (Å²) in [7, 11) is 0. The van der Waals surface area contributed by atoms with Crippen LogP contribution in [0.3, 0.4) is 0 Å². The van der Waals surface area contributed by atoms with Gasteiger partial charge in [-0.15, -0.1) is 0 Å². The monoisotopic (exact) mass is 298 g/mol. The predicted molar refractivity (Wildman–Crippen MR) is 70.4 cm³/mol. The number of hydrogen-bond donors (Lipinski definition) is 4. The van der Waals surface area contributed by atoms with Crippen LogP contribution in [0.5, 0.6) is 0 Å². The normalized spacial score (nSPS) is 32.8. The molecule has 4 N–H and O–H groups in total. The van der Waals surface area contributed by atoms with Gasteiger partial charge in [-0.2, -0.15) is 0 Å². The zero-order valence-corrected chi connectivity index (χ0v) is 11.2. The van der Waals surface area contributed by atoms with Gasteiger partial charge in [0.2, 0.25) is 0 Å². The van der Waals surface area contributed by atoms with E-state index in [-0.39, 0.29) is 6.61 Å². The summed E-state index contributed by atoms with van der Waals surface area (Å²) in [5.74, 6) is -1.43. The minimum atomic E-state index is -1.70. The van der Waals surface area contributed by atoms with Gasteiger partial charge >= 0.3 is 5.97 Å². The number of hydrogen-bond acceptors (Lipinski definition) is 6. The Morgan fingerprint density at radius 3 is 2.38 bits per heavy atom. The van der Waals surface area contributed by atoms with E-state index in [1.165, 1.54) is 0 Å². The molecule has 116 valence electrons. The second kappa shape index (κ2) is 6.97. The third-order valence-corrected chi connectivity index (χ3v) is 3.33. The number of aliphatic hydroxyl groups excluding tert-OH is 3. The fourth-order valence-corrected chi connectivity index (χ4v) is 2.13. The van der Waals surface area contributed by atoms with Crippen LogP contribution in [0.1, 0.15) is 5.56 Å². The molecule has 1 aromatic carbocycles. The van der Waals surface area contributed by atoms with Crippen molar-refractivity contribution in [2.75, 3.05) is 6.61 Å². The fraction of sp³-hybridized carbons (Fsp3) is 0.500. The molecule has 0 bridgehead atoms. The average molecular weight is 298 g/mol. The Bertz CT molecular complexity index is 464. The smallest absolute Gasteiger partial charge is 0.335 e. The van der Waals surface area contributed by atoms with Gasteiger partial charge in [-0.05, 0) is 12.0 Å². The van der Waals surface area contributed by atoms with E-state index in [2.05, 4.69) is 0 Å². The second-order valence-corrected chi connectivity index (χ2v) is 4.84. The number of carbonyl (C=O) groups is 1. The lowest BCUT2D eigenvalue weighted by Gasteiger charge is -2.38. The van der Waals surface area contributed by atoms with Gasteiger partial charge in [-0.3, -0.25) is 0 Å². The molecule has 1 aromatic rings. The minimum Gasteiger partial charge on any atom is -0.479 e. The highest BCUT2D eigenvalue weighted by molar-refractivity contribution is 5.73. The van der Waals surface area contributed by atoms with E-state index < -0.39 is 36.7 Å². The van der Waals surface area contributed by atoms with Crippen LogP contribution in [0.4, 0.5) is 0 Å². The molecule has 1 heterocycles. The molecule has 1 saturated heterocycles. The van der Waals surface area contributed by atoms with Crippen molar-refractivity contribution in [1.29, 1.82) is 0 Å². The van der Waals surface area contributed by atoms with Crippen LogP contribution in [-0.2, 0) is 20.7 Å². The van der Waals surface area contributed by atoms with Gasteiger partial charge in [-0.25, -0.2) is 4.79 Å². The van der Waals surface area contributed by atoms with E-state index in [0.717, 1.165) is 5.56 Å². The van der Waals surface area contributed by atoms with Crippen LogP contribution in [0.15, 0.2) is 30.3 Å². The number of aliphatic carboxylic acids is 1. The van der Waals surface area contributed by atoms with Gasteiger partial charge in [0, 0.05) is 0 Å². The van der Waals surface area contributed by atoms with Gasteiger partial charge in [0.15, 0.2) is 12.4 Å². The lowest BCUT2D eigenvalue weighted by molar-refractivity contribution is -0.293. The van der Waals surface area contributed by atoms with Crippen LogP contribution in [0, 0.1) is 0 Å². The Balaban J connectivity index is 1.91. The van der Waals surface area contributed by atoms with Crippen LogP contribution >= 0.6 is 0 Å². The lowest BCUT2D eigenvalue weighted by atomic mass is 9.99. The van der Waals surface area contributed by atoms with Gasteiger partial charge in [-0.1, -0.05) is 30.3 Å². The van der Waals surface area contributed by atoms with Crippen LogP contribution in [0.2, 0.25) is 0 Å². The van der Waals surface area contributed by atoms with Crippen molar-refractivity contribution in [2.45, 2.75) is 37.1 Å². The summed E-state index contributed by atoms with van der Waals surface area (Å²) in [6, 6.07) is 9.44. The van der Waals surface area contributed by atoms with Crippen LogP contribution in [0.25, 0.3) is 0 Å². The molecule has 0 saturated carbocycles. The standard InChI is InChI=1S/C14H18O7/c15-9-10(16)12(13(18)19)21-14(11(9)17)20-7-6-8-4-2-1-3-5-8/h1-5,9-12,14-17H,6-7H2,(H,18,19)/t9-,10-,11+,12-,14?/m0/s1. The summed E-state index contributed by atoms with van der Waals surface area (Å²) in [6.45, 7) is 0.181. The molecule has 0 spiro atoms. The molecule has 7 heteroatoms. The van der Waals surface area contributed by atoms with Crippen molar-refractivity contribution in [3.05, 3.63) is 35.9 Å². The van der Waals surface area contributed by atoms with E-state index >= 15 is 0 Å². The van der Waals surface area contributed by atoms with E-state index in [9.17, 15) is 20.1 Å². The summed E-state index contributed by atoms with van der Waals surface area (Å²) < 4.78 is 10.3. The van der Waals surface area contributed by atoms with Gasteiger partial charge in [0.05, 0.1) is 6.61 Å². The molecule has 1 unspecified atom stereocenters. The largest absolute Gasteiger partial charge is 0.479 e. The molecule has 1 aliphatic heterocycles. The highest BCUT2D eigenvalue weighted by Gasteiger charge is 2.47. The van der Waals surface area contributed by atoms with Crippen molar-refractivity contribution in [3.8, 4) is 0 Å². The molecule has 0 amide bonds. The molecule has 7 nitrogen and oxygen atoms in total. The quantitative estimate of drug-likeness (QED) is 0.559. The summed E-state index contributed by atoms with van der Waals surface area (Å²) in [5, 5.41) is 37.8. The fourth-order valence-electron chi connectivity index (χ4n) is 2.13. The summed E-state index contributed by atoms with van der Waals surface area (Å²) in [5.41, 5.74) is 1.01. The molecular weight excluding hydrogens is 280 g/mol. The van der Waals surface area contributed by atoms with Crippen molar-refractivity contribution >= 4 is 5.97 Å². The Labute approximate surface area is 121 Å². The Hall–Kier alpha value is -1.51. The van der Waals surface area contributed by atoms with E-state index in [1.54, 1.807) is 0 Å². The van der Waals surface area contributed by atoms with E-state index in [0.29, 0.717) is 6.42 Å². The van der Waals surface area contributed by atoms with Gasteiger partial charge < -0.3 is 29.9 Å². The van der Waals surface area contributed by atoms with Crippen molar-refractivity contribution in [2.24, 2.45) is 0 Å². The molecule has 5 atom stereocenters. The molecule has 2 rings (SSSR count). The number of aliphatic hydroxyl groups is 3. The first-order valence-corrected chi connectivity index (χ1v) is 6.58.